The van der Waals surface area contributed by atoms with Crippen molar-refractivity contribution in [3.63, 3.8) is 0 Å². The molecule has 0 aliphatic rings. The van der Waals surface area contributed by atoms with E-state index in [0.29, 0.717) is 6.61 Å². The SMILES string of the molecule is COc1ccc([Te]P(=O)(OCc2ccccc2)N(C(C)C)C(C)C)cc1. The van der Waals surface area contributed by atoms with Gasteiger partial charge in [0.05, 0.1) is 0 Å². The third-order valence-electron chi connectivity index (χ3n) is 3.86. The van der Waals surface area contributed by atoms with E-state index in [-0.39, 0.29) is 12.1 Å². The van der Waals surface area contributed by atoms with Crippen LogP contribution in [-0.4, -0.2) is 44.2 Å². The standard InChI is InChI=1S/C20H28NO3PTe/c1-16(2)21(17(3)4)25(22,24-15-18-9-7-6-8-10-18)26-20-13-11-19(23-5)12-14-20/h6-14,16-17H,15H2,1-5H3. The van der Waals surface area contributed by atoms with Gasteiger partial charge in [-0.3, -0.25) is 0 Å². The molecule has 6 heteroatoms. The van der Waals surface area contributed by atoms with Gasteiger partial charge in [0.15, 0.2) is 0 Å². The molecule has 1 unspecified atom stereocenters. The minimum absolute atomic E-state index is 0.153. The minimum atomic E-state index is -2.93. The summed E-state index contributed by atoms with van der Waals surface area (Å²) in [5.74, 6) is 0.811. The summed E-state index contributed by atoms with van der Waals surface area (Å²) in [5.41, 5.74) is 1.04. The predicted molar refractivity (Wildman–Crippen MR) is 109 cm³/mol. The van der Waals surface area contributed by atoms with Crippen LogP contribution in [0, 0.1) is 0 Å². The van der Waals surface area contributed by atoms with E-state index in [1.54, 1.807) is 7.11 Å². The Balaban J connectivity index is 2.28. The summed E-state index contributed by atoms with van der Waals surface area (Å²) in [6.07, 6.45) is 0. The summed E-state index contributed by atoms with van der Waals surface area (Å²) >= 11 is -1.06. The van der Waals surface area contributed by atoms with E-state index in [9.17, 15) is 4.57 Å². The van der Waals surface area contributed by atoms with Gasteiger partial charge in [-0.2, -0.15) is 0 Å². The second-order valence-corrected chi connectivity index (χ2v) is 15.3. The Morgan fingerprint density at radius 2 is 1.54 bits per heavy atom. The quantitative estimate of drug-likeness (QED) is 0.385. The monoisotopic (exact) mass is 491 g/mol. The molecule has 0 N–H and O–H groups in total. The zero-order valence-electron chi connectivity index (χ0n) is 16.1. The molecule has 0 saturated heterocycles. The molecule has 0 spiro atoms. The van der Waals surface area contributed by atoms with Crippen molar-refractivity contribution < 1.29 is 13.8 Å². The maximum absolute atomic E-state index is 14.0. The molecule has 0 saturated carbocycles. The summed E-state index contributed by atoms with van der Waals surface area (Å²) in [5, 5.41) is -2.93. The van der Waals surface area contributed by atoms with Crippen LogP contribution in [0.25, 0.3) is 0 Å². The second-order valence-electron chi connectivity index (χ2n) is 6.56. The molecule has 0 radical (unpaired) electrons. The van der Waals surface area contributed by atoms with E-state index in [0.717, 1.165) is 14.9 Å². The number of rotatable bonds is 9. The van der Waals surface area contributed by atoms with E-state index in [1.807, 2.05) is 54.6 Å². The molecule has 0 fully saturated rings. The van der Waals surface area contributed by atoms with Gasteiger partial charge in [0.2, 0.25) is 0 Å². The van der Waals surface area contributed by atoms with Crippen molar-refractivity contribution in [1.82, 2.24) is 4.67 Å². The number of hydrogen-bond acceptors (Lipinski definition) is 3. The molecule has 0 aliphatic heterocycles. The topological polar surface area (TPSA) is 38.8 Å². The molecule has 0 aliphatic carbocycles. The fourth-order valence-electron chi connectivity index (χ4n) is 2.80. The number of hydrogen-bond donors (Lipinski definition) is 0. The van der Waals surface area contributed by atoms with Gasteiger partial charge in [-0.25, -0.2) is 0 Å². The average Bonchev–Trinajstić information content (AvgIpc) is 2.61. The van der Waals surface area contributed by atoms with Gasteiger partial charge in [-0.1, -0.05) is 0 Å². The zero-order chi connectivity index (χ0) is 19.2. The van der Waals surface area contributed by atoms with E-state index in [1.165, 1.54) is 0 Å². The number of benzene rings is 2. The van der Waals surface area contributed by atoms with Crippen LogP contribution in [0.1, 0.15) is 33.3 Å². The summed E-state index contributed by atoms with van der Waals surface area (Å²) in [7, 11) is 1.65. The van der Waals surface area contributed by atoms with Crippen LogP contribution in [0.15, 0.2) is 54.6 Å². The van der Waals surface area contributed by atoms with Crippen LogP contribution in [0.3, 0.4) is 0 Å². The summed E-state index contributed by atoms with van der Waals surface area (Å²) < 4.78 is 28.6. The molecular formula is C20H28NO3PTe. The molecule has 0 heterocycles. The van der Waals surface area contributed by atoms with Crippen molar-refractivity contribution >= 4 is 29.2 Å². The van der Waals surface area contributed by atoms with Gasteiger partial charge >= 0.3 is 167 Å². The second kappa shape index (κ2) is 9.93. The van der Waals surface area contributed by atoms with Crippen LogP contribution >= 0.6 is 5.21 Å². The first-order chi connectivity index (χ1) is 12.4. The van der Waals surface area contributed by atoms with Crippen LogP contribution in [0.4, 0.5) is 0 Å². The van der Waals surface area contributed by atoms with E-state index in [4.69, 9.17) is 9.26 Å². The fourth-order valence-corrected chi connectivity index (χ4v) is 13.6. The molecule has 4 nitrogen and oxygen atoms in total. The third-order valence-corrected chi connectivity index (χ3v) is 13.3. The Morgan fingerprint density at radius 1 is 0.962 bits per heavy atom. The Bertz CT molecular complexity index is 712. The zero-order valence-corrected chi connectivity index (χ0v) is 19.3. The first-order valence-electron chi connectivity index (χ1n) is 8.76. The van der Waals surface area contributed by atoms with Gasteiger partial charge in [0.25, 0.3) is 0 Å². The first-order valence-corrected chi connectivity index (χ1v) is 14.6. The van der Waals surface area contributed by atoms with Gasteiger partial charge < -0.3 is 0 Å². The summed E-state index contributed by atoms with van der Waals surface area (Å²) in [6.45, 7) is 8.70. The normalized spacial score (nSPS) is 14.0. The molecule has 142 valence electrons. The molecule has 0 bridgehead atoms. The fraction of sp³-hybridized carbons (Fsp3) is 0.400. The number of ether oxygens (including phenoxy) is 1. The summed E-state index contributed by atoms with van der Waals surface area (Å²) in [4.78, 5) is 0. The van der Waals surface area contributed by atoms with Crippen molar-refractivity contribution in [3.05, 3.63) is 60.2 Å². The van der Waals surface area contributed by atoms with Gasteiger partial charge in [-0.15, -0.1) is 0 Å². The Labute approximate surface area is 166 Å². The molecule has 0 aromatic heterocycles. The maximum atomic E-state index is 14.0. The number of methoxy groups -OCH3 is 1. The Hall–Kier alpha value is -0.820. The first kappa shape index (κ1) is 21.5. The van der Waals surface area contributed by atoms with Crippen LogP contribution in [0.2, 0.25) is 0 Å². The van der Waals surface area contributed by atoms with Crippen LogP contribution in [-0.2, 0) is 15.7 Å². The number of nitrogens with zero attached hydrogens (tertiary/aromatic N) is 1. The Kier molecular flexibility index (Phi) is 8.20. The Morgan fingerprint density at radius 3 is 2.04 bits per heavy atom. The van der Waals surface area contributed by atoms with Gasteiger partial charge in [0, 0.05) is 0 Å². The van der Waals surface area contributed by atoms with Gasteiger partial charge in [-0.05, 0) is 0 Å². The van der Waals surface area contributed by atoms with Crippen molar-refractivity contribution in [1.29, 1.82) is 0 Å². The van der Waals surface area contributed by atoms with Crippen molar-refractivity contribution in [2.45, 2.75) is 46.4 Å². The van der Waals surface area contributed by atoms with Crippen molar-refractivity contribution in [3.8, 4) is 5.75 Å². The molecule has 26 heavy (non-hydrogen) atoms. The van der Waals surface area contributed by atoms with Crippen molar-refractivity contribution in [2.75, 3.05) is 7.11 Å². The van der Waals surface area contributed by atoms with Crippen LogP contribution < -0.4 is 8.35 Å². The van der Waals surface area contributed by atoms with E-state index in [2.05, 4.69) is 32.4 Å². The van der Waals surface area contributed by atoms with Crippen LogP contribution in [0.5, 0.6) is 5.75 Å². The van der Waals surface area contributed by atoms with Crippen molar-refractivity contribution in [2.24, 2.45) is 0 Å². The molecular weight excluding hydrogens is 461 g/mol. The average molecular weight is 489 g/mol. The van der Waals surface area contributed by atoms with Gasteiger partial charge in [0.1, 0.15) is 0 Å². The molecule has 1 atom stereocenters. The predicted octanol–water partition coefficient (Wildman–Crippen LogP) is 4.47. The molecule has 2 aromatic carbocycles. The third kappa shape index (κ3) is 5.84. The molecule has 2 rings (SSSR count). The molecule has 0 amide bonds. The summed E-state index contributed by atoms with van der Waals surface area (Å²) in [6, 6.07) is 18.1. The van der Waals surface area contributed by atoms with E-state index >= 15 is 0 Å². The molecule has 2 aromatic rings. The van der Waals surface area contributed by atoms with E-state index < -0.39 is 25.6 Å².